The average molecular weight is 377 g/mol. The number of imidazole rings is 1. The molecule has 5 rings (SSSR count). The van der Waals surface area contributed by atoms with Crippen molar-refractivity contribution in [3.05, 3.63) is 65.0 Å². The van der Waals surface area contributed by atoms with Crippen molar-refractivity contribution in [3.8, 4) is 5.82 Å². The fourth-order valence-corrected chi connectivity index (χ4v) is 3.84. The predicted octanol–water partition coefficient (Wildman–Crippen LogP) is 1.76. The first-order valence-corrected chi connectivity index (χ1v) is 9.87. The molecule has 144 valence electrons. The highest BCUT2D eigenvalue weighted by atomic mass is 16.1. The summed E-state index contributed by atoms with van der Waals surface area (Å²) in [6, 6.07) is 3.59. The van der Waals surface area contributed by atoms with Crippen LogP contribution in [0, 0.1) is 0 Å². The minimum Gasteiger partial charge on any atom is -0.294 e. The van der Waals surface area contributed by atoms with Gasteiger partial charge in [0, 0.05) is 54.9 Å². The molecule has 1 atom stereocenters. The smallest absolute Gasteiger partial charge is 0.266 e. The van der Waals surface area contributed by atoms with Crippen LogP contribution in [0.1, 0.15) is 43.0 Å². The van der Waals surface area contributed by atoms with Gasteiger partial charge in [-0.15, -0.1) is 0 Å². The van der Waals surface area contributed by atoms with Crippen molar-refractivity contribution in [1.82, 2.24) is 34.2 Å². The Morgan fingerprint density at radius 2 is 1.96 bits per heavy atom. The van der Waals surface area contributed by atoms with Crippen LogP contribution in [0.25, 0.3) is 5.82 Å². The van der Waals surface area contributed by atoms with Crippen molar-refractivity contribution in [2.45, 2.75) is 50.7 Å². The number of likely N-dealkylation sites (tertiary alicyclic amines) is 1. The summed E-state index contributed by atoms with van der Waals surface area (Å²) >= 11 is 0. The molecule has 8 nitrogen and oxygen atoms in total. The van der Waals surface area contributed by atoms with E-state index in [4.69, 9.17) is 0 Å². The van der Waals surface area contributed by atoms with Crippen LogP contribution in [0.5, 0.6) is 0 Å². The van der Waals surface area contributed by atoms with Gasteiger partial charge in [-0.25, -0.2) is 19.6 Å². The highest BCUT2D eigenvalue weighted by Gasteiger charge is 2.28. The van der Waals surface area contributed by atoms with E-state index in [9.17, 15) is 4.79 Å². The largest absolute Gasteiger partial charge is 0.294 e. The molecule has 1 aliphatic carbocycles. The zero-order valence-corrected chi connectivity index (χ0v) is 15.7. The van der Waals surface area contributed by atoms with Gasteiger partial charge in [0.15, 0.2) is 5.82 Å². The molecular weight excluding hydrogens is 354 g/mol. The Morgan fingerprint density at radius 1 is 1.11 bits per heavy atom. The molecule has 3 aromatic rings. The van der Waals surface area contributed by atoms with Gasteiger partial charge in [-0.3, -0.25) is 14.3 Å². The van der Waals surface area contributed by atoms with Crippen LogP contribution in [0.2, 0.25) is 0 Å². The van der Waals surface area contributed by atoms with E-state index in [-0.39, 0.29) is 11.6 Å². The lowest BCUT2D eigenvalue weighted by Gasteiger charge is -2.24. The van der Waals surface area contributed by atoms with E-state index in [1.165, 1.54) is 12.8 Å². The Morgan fingerprint density at radius 3 is 2.71 bits per heavy atom. The summed E-state index contributed by atoms with van der Waals surface area (Å²) in [4.78, 5) is 27.9. The van der Waals surface area contributed by atoms with Crippen molar-refractivity contribution in [2.75, 3.05) is 6.54 Å². The Kier molecular flexibility index (Phi) is 4.48. The molecule has 1 saturated carbocycles. The molecule has 2 fully saturated rings. The van der Waals surface area contributed by atoms with E-state index in [1.54, 1.807) is 33.9 Å². The molecule has 0 amide bonds. The molecule has 4 heterocycles. The average Bonchev–Trinajstić information content (AvgIpc) is 3.23. The van der Waals surface area contributed by atoms with Gasteiger partial charge >= 0.3 is 0 Å². The van der Waals surface area contributed by atoms with Crippen LogP contribution < -0.4 is 5.56 Å². The molecule has 0 spiro atoms. The fraction of sp³-hybridized carbons (Fsp3) is 0.450. The summed E-state index contributed by atoms with van der Waals surface area (Å²) in [5, 5.41) is 4.53. The second-order valence-electron chi connectivity index (χ2n) is 7.67. The number of hydrogen-bond acceptors (Lipinski definition) is 6. The summed E-state index contributed by atoms with van der Waals surface area (Å²) in [6.07, 6.45) is 13.7. The molecule has 0 aromatic carbocycles. The van der Waals surface area contributed by atoms with E-state index in [1.807, 2.05) is 18.6 Å². The van der Waals surface area contributed by atoms with Crippen LogP contribution in [0.3, 0.4) is 0 Å². The van der Waals surface area contributed by atoms with E-state index >= 15 is 0 Å². The standard InChI is InChI=1S/C20H23N7O/c28-19-6-5-18(26-9-7-21-14-26)24-27(19)13-17-2-1-8-25(17)12-15-10-22-20(23-11-15)16-3-4-16/h5-7,9-11,14,16-17H,1-4,8,12-13H2. The summed E-state index contributed by atoms with van der Waals surface area (Å²) in [5.74, 6) is 2.26. The molecule has 1 unspecified atom stereocenters. The second-order valence-corrected chi connectivity index (χ2v) is 7.67. The molecule has 0 N–H and O–H groups in total. The molecule has 0 radical (unpaired) electrons. The maximum atomic E-state index is 12.3. The van der Waals surface area contributed by atoms with Gasteiger partial charge in [0.25, 0.3) is 5.56 Å². The van der Waals surface area contributed by atoms with Crippen LogP contribution in [-0.4, -0.2) is 46.8 Å². The van der Waals surface area contributed by atoms with Crippen LogP contribution >= 0.6 is 0 Å². The summed E-state index contributed by atoms with van der Waals surface area (Å²) in [6.45, 7) is 2.42. The quantitative estimate of drug-likeness (QED) is 0.651. The van der Waals surface area contributed by atoms with Crippen molar-refractivity contribution in [3.63, 3.8) is 0 Å². The highest BCUT2D eigenvalue weighted by Crippen LogP contribution is 2.37. The van der Waals surface area contributed by atoms with Crippen molar-refractivity contribution in [2.24, 2.45) is 0 Å². The fourth-order valence-electron chi connectivity index (χ4n) is 3.84. The third kappa shape index (κ3) is 3.60. The Hall–Kier alpha value is -2.87. The second kappa shape index (κ2) is 7.27. The van der Waals surface area contributed by atoms with Gasteiger partial charge in [-0.05, 0) is 38.3 Å². The number of rotatable bonds is 6. The molecule has 1 aliphatic heterocycles. The van der Waals surface area contributed by atoms with Gasteiger partial charge in [0.05, 0.1) is 6.54 Å². The minimum atomic E-state index is -0.0761. The van der Waals surface area contributed by atoms with Crippen LogP contribution in [0.4, 0.5) is 0 Å². The van der Waals surface area contributed by atoms with Crippen molar-refractivity contribution < 1.29 is 0 Å². The maximum Gasteiger partial charge on any atom is 0.266 e. The first-order valence-electron chi connectivity index (χ1n) is 9.87. The lowest BCUT2D eigenvalue weighted by molar-refractivity contribution is 0.216. The topological polar surface area (TPSA) is 81.7 Å². The van der Waals surface area contributed by atoms with Gasteiger partial charge in [0.1, 0.15) is 12.2 Å². The number of nitrogens with zero attached hydrogens (tertiary/aromatic N) is 7. The number of hydrogen-bond donors (Lipinski definition) is 0. The molecule has 28 heavy (non-hydrogen) atoms. The Balaban J connectivity index is 1.30. The van der Waals surface area contributed by atoms with E-state index in [0.29, 0.717) is 18.3 Å². The summed E-state index contributed by atoms with van der Waals surface area (Å²) in [5.41, 5.74) is 1.05. The molecule has 1 saturated heterocycles. The monoisotopic (exact) mass is 377 g/mol. The number of aromatic nitrogens is 6. The van der Waals surface area contributed by atoms with Crippen molar-refractivity contribution >= 4 is 0 Å². The molecule has 0 bridgehead atoms. The third-order valence-electron chi connectivity index (χ3n) is 5.56. The lowest BCUT2D eigenvalue weighted by Crippen LogP contribution is -2.37. The highest BCUT2D eigenvalue weighted by molar-refractivity contribution is 5.19. The zero-order chi connectivity index (χ0) is 18.9. The Labute approximate surface area is 162 Å². The summed E-state index contributed by atoms with van der Waals surface area (Å²) < 4.78 is 3.38. The van der Waals surface area contributed by atoms with E-state index in [0.717, 1.165) is 37.3 Å². The van der Waals surface area contributed by atoms with E-state index in [2.05, 4.69) is 25.0 Å². The maximum absolute atomic E-state index is 12.3. The van der Waals surface area contributed by atoms with Crippen LogP contribution in [-0.2, 0) is 13.1 Å². The molecular formula is C20H23N7O. The van der Waals surface area contributed by atoms with Crippen molar-refractivity contribution in [1.29, 1.82) is 0 Å². The first kappa shape index (κ1) is 17.2. The van der Waals surface area contributed by atoms with Gasteiger partial charge in [-0.2, -0.15) is 5.10 Å². The van der Waals surface area contributed by atoms with Gasteiger partial charge < -0.3 is 0 Å². The normalized spacial score (nSPS) is 19.9. The van der Waals surface area contributed by atoms with E-state index < -0.39 is 0 Å². The summed E-state index contributed by atoms with van der Waals surface area (Å²) in [7, 11) is 0. The van der Waals surface area contributed by atoms with Gasteiger partial charge in [0.2, 0.25) is 0 Å². The predicted molar refractivity (Wildman–Crippen MR) is 103 cm³/mol. The third-order valence-corrected chi connectivity index (χ3v) is 5.56. The zero-order valence-electron chi connectivity index (χ0n) is 15.7. The molecule has 3 aromatic heterocycles. The lowest BCUT2D eigenvalue weighted by atomic mass is 10.2. The SMILES string of the molecule is O=c1ccc(-n2ccnc2)nn1CC1CCCN1Cc1cnc(C2CC2)nc1. The Bertz CT molecular complexity index is 992. The van der Waals surface area contributed by atoms with Crippen LogP contribution in [0.15, 0.2) is 48.0 Å². The molecule has 2 aliphatic rings. The molecule has 8 heteroatoms. The minimum absolute atomic E-state index is 0.0761. The first-order chi connectivity index (χ1) is 13.8. The van der Waals surface area contributed by atoms with Gasteiger partial charge in [-0.1, -0.05) is 0 Å².